The quantitative estimate of drug-likeness (QED) is 0.823. The molecule has 3 heteroatoms. The van der Waals surface area contributed by atoms with E-state index in [2.05, 4.69) is 24.4 Å². The van der Waals surface area contributed by atoms with E-state index in [0.717, 1.165) is 24.8 Å². The van der Waals surface area contributed by atoms with Crippen molar-refractivity contribution in [3.05, 3.63) is 35.4 Å². The van der Waals surface area contributed by atoms with Crippen molar-refractivity contribution < 1.29 is 9.90 Å². The van der Waals surface area contributed by atoms with Gasteiger partial charge in [0.2, 0.25) is 5.91 Å². The molecule has 104 valence electrons. The summed E-state index contributed by atoms with van der Waals surface area (Å²) in [6.07, 6.45) is 3.56. The van der Waals surface area contributed by atoms with Crippen LogP contribution < -0.4 is 5.32 Å². The second-order valence-electron chi connectivity index (χ2n) is 5.75. The first-order valence-corrected chi connectivity index (χ1v) is 7.07. The number of carbonyl (C=O) groups is 1. The van der Waals surface area contributed by atoms with Crippen molar-refractivity contribution in [2.24, 2.45) is 5.92 Å². The van der Waals surface area contributed by atoms with E-state index < -0.39 is 5.54 Å². The molecule has 0 saturated heterocycles. The highest BCUT2D eigenvalue weighted by atomic mass is 16.3. The molecule has 19 heavy (non-hydrogen) atoms. The molecule has 0 aliphatic heterocycles. The van der Waals surface area contributed by atoms with Crippen LogP contribution in [0.25, 0.3) is 0 Å². The third kappa shape index (κ3) is 3.57. The summed E-state index contributed by atoms with van der Waals surface area (Å²) < 4.78 is 0. The highest BCUT2D eigenvalue weighted by Crippen LogP contribution is 2.39. The molecule has 1 aliphatic rings. The first-order valence-electron chi connectivity index (χ1n) is 7.07. The third-order valence-electron chi connectivity index (χ3n) is 4.00. The number of aliphatic hydroxyl groups is 1. The summed E-state index contributed by atoms with van der Waals surface area (Å²) in [6.45, 7) is 4.05. The Balaban J connectivity index is 1.96. The van der Waals surface area contributed by atoms with E-state index in [1.807, 2.05) is 19.1 Å². The molecular formula is C16H23NO2. The number of rotatable bonds is 6. The topological polar surface area (TPSA) is 49.3 Å². The number of amides is 1. The van der Waals surface area contributed by atoms with Crippen molar-refractivity contribution in [1.82, 2.24) is 5.32 Å². The lowest BCUT2D eigenvalue weighted by atomic mass is 9.96. The van der Waals surface area contributed by atoms with Gasteiger partial charge in [-0.3, -0.25) is 4.79 Å². The van der Waals surface area contributed by atoms with Gasteiger partial charge >= 0.3 is 0 Å². The number of hydrogen-bond donors (Lipinski definition) is 2. The smallest absolute Gasteiger partial charge is 0.224 e. The van der Waals surface area contributed by atoms with Crippen LogP contribution in [-0.4, -0.2) is 23.2 Å². The van der Waals surface area contributed by atoms with Gasteiger partial charge in [-0.1, -0.05) is 31.2 Å². The molecule has 2 rings (SSSR count). The Hall–Kier alpha value is -1.35. The van der Waals surface area contributed by atoms with Crippen molar-refractivity contribution in [2.75, 3.05) is 6.61 Å². The molecule has 1 aliphatic carbocycles. The van der Waals surface area contributed by atoms with Gasteiger partial charge in [0.05, 0.1) is 18.6 Å². The van der Waals surface area contributed by atoms with E-state index in [4.69, 9.17) is 0 Å². The van der Waals surface area contributed by atoms with Crippen LogP contribution >= 0.6 is 0 Å². The van der Waals surface area contributed by atoms with Crippen molar-refractivity contribution in [3.8, 4) is 0 Å². The normalized spacial score (nSPS) is 17.8. The summed E-state index contributed by atoms with van der Waals surface area (Å²) in [5, 5.41) is 12.5. The van der Waals surface area contributed by atoms with Crippen LogP contribution in [0, 0.1) is 5.92 Å². The zero-order valence-corrected chi connectivity index (χ0v) is 11.8. The number of nitrogens with one attached hydrogen (secondary N) is 1. The molecule has 1 saturated carbocycles. The minimum absolute atomic E-state index is 0.00305. The molecule has 0 bridgehead atoms. The SMILES string of the molecule is CCc1cccc(CC(=O)NC(C)(CO)C2CC2)c1. The van der Waals surface area contributed by atoms with E-state index in [0.29, 0.717) is 12.3 Å². The van der Waals surface area contributed by atoms with Crippen LogP contribution in [0.2, 0.25) is 0 Å². The molecule has 1 atom stereocenters. The molecule has 1 aromatic carbocycles. The van der Waals surface area contributed by atoms with Crippen molar-refractivity contribution in [3.63, 3.8) is 0 Å². The lowest BCUT2D eigenvalue weighted by Crippen LogP contribution is -2.51. The molecule has 1 unspecified atom stereocenters. The van der Waals surface area contributed by atoms with Gasteiger partial charge in [-0.25, -0.2) is 0 Å². The predicted octanol–water partition coefficient (Wildman–Crippen LogP) is 2.07. The summed E-state index contributed by atoms with van der Waals surface area (Å²) in [5.41, 5.74) is 1.84. The van der Waals surface area contributed by atoms with Crippen LogP contribution in [0.3, 0.4) is 0 Å². The highest BCUT2D eigenvalue weighted by molar-refractivity contribution is 5.79. The largest absolute Gasteiger partial charge is 0.394 e. The maximum absolute atomic E-state index is 12.1. The van der Waals surface area contributed by atoms with E-state index >= 15 is 0 Å². The molecule has 1 fully saturated rings. The Labute approximate surface area is 115 Å². The zero-order chi connectivity index (χ0) is 13.9. The average Bonchev–Trinajstić information content (AvgIpc) is 3.23. The summed E-state index contributed by atoms with van der Waals surface area (Å²) in [6, 6.07) is 8.12. The van der Waals surface area contributed by atoms with Crippen LogP contribution in [0.4, 0.5) is 0 Å². The van der Waals surface area contributed by atoms with Crippen molar-refractivity contribution >= 4 is 5.91 Å². The lowest BCUT2D eigenvalue weighted by molar-refractivity contribution is -0.123. The van der Waals surface area contributed by atoms with Crippen LogP contribution in [0.5, 0.6) is 0 Å². The van der Waals surface area contributed by atoms with Crippen LogP contribution in [0.1, 0.15) is 37.8 Å². The molecule has 0 heterocycles. The molecule has 0 spiro atoms. The fourth-order valence-electron chi connectivity index (χ4n) is 2.50. The van der Waals surface area contributed by atoms with Gasteiger partial charge in [0.25, 0.3) is 0 Å². The van der Waals surface area contributed by atoms with E-state index in [1.54, 1.807) is 0 Å². The lowest BCUT2D eigenvalue weighted by Gasteiger charge is -2.28. The van der Waals surface area contributed by atoms with Gasteiger partial charge in [-0.15, -0.1) is 0 Å². The molecule has 1 amide bonds. The number of aryl methyl sites for hydroxylation is 1. The third-order valence-corrected chi connectivity index (χ3v) is 4.00. The molecule has 1 aromatic rings. The predicted molar refractivity (Wildman–Crippen MR) is 75.9 cm³/mol. The van der Waals surface area contributed by atoms with Gasteiger partial charge in [0.15, 0.2) is 0 Å². The fraction of sp³-hybridized carbons (Fsp3) is 0.562. The maximum atomic E-state index is 12.1. The first-order chi connectivity index (χ1) is 9.07. The first kappa shape index (κ1) is 14.1. The van der Waals surface area contributed by atoms with E-state index in [9.17, 15) is 9.90 Å². The van der Waals surface area contributed by atoms with E-state index in [1.165, 1.54) is 5.56 Å². The van der Waals surface area contributed by atoms with Gasteiger partial charge in [-0.05, 0) is 43.2 Å². The number of benzene rings is 1. The van der Waals surface area contributed by atoms with Crippen LogP contribution in [-0.2, 0) is 17.6 Å². The highest BCUT2D eigenvalue weighted by Gasteiger charge is 2.41. The summed E-state index contributed by atoms with van der Waals surface area (Å²) >= 11 is 0. The number of aliphatic hydroxyl groups excluding tert-OH is 1. The Kier molecular flexibility index (Phi) is 4.25. The van der Waals surface area contributed by atoms with Crippen molar-refractivity contribution in [1.29, 1.82) is 0 Å². The molecule has 2 N–H and O–H groups in total. The van der Waals surface area contributed by atoms with Crippen LogP contribution in [0.15, 0.2) is 24.3 Å². The number of hydrogen-bond acceptors (Lipinski definition) is 2. The second kappa shape index (κ2) is 5.74. The van der Waals surface area contributed by atoms with Gasteiger partial charge in [0, 0.05) is 0 Å². The summed E-state index contributed by atoms with van der Waals surface area (Å²) in [7, 11) is 0. The zero-order valence-electron chi connectivity index (χ0n) is 11.8. The monoisotopic (exact) mass is 261 g/mol. The molecule has 3 nitrogen and oxygen atoms in total. The summed E-state index contributed by atoms with van der Waals surface area (Å²) in [4.78, 5) is 12.1. The Morgan fingerprint density at radius 1 is 1.42 bits per heavy atom. The standard InChI is InChI=1S/C16H23NO2/c1-3-12-5-4-6-13(9-12)10-15(19)17-16(2,11-18)14-7-8-14/h4-6,9,14,18H,3,7-8,10-11H2,1-2H3,(H,17,19). The molecular weight excluding hydrogens is 238 g/mol. The molecule has 0 aromatic heterocycles. The fourth-order valence-corrected chi connectivity index (χ4v) is 2.50. The minimum atomic E-state index is -0.445. The van der Waals surface area contributed by atoms with Gasteiger partial charge in [-0.2, -0.15) is 0 Å². The van der Waals surface area contributed by atoms with E-state index in [-0.39, 0.29) is 12.5 Å². The second-order valence-corrected chi connectivity index (χ2v) is 5.75. The minimum Gasteiger partial charge on any atom is -0.394 e. The Bertz CT molecular complexity index is 454. The number of carbonyl (C=O) groups excluding carboxylic acids is 1. The Morgan fingerprint density at radius 3 is 2.68 bits per heavy atom. The maximum Gasteiger partial charge on any atom is 0.224 e. The Morgan fingerprint density at radius 2 is 2.11 bits per heavy atom. The summed E-state index contributed by atoms with van der Waals surface area (Å²) in [5.74, 6) is 0.431. The average molecular weight is 261 g/mol. The van der Waals surface area contributed by atoms with Gasteiger partial charge in [0.1, 0.15) is 0 Å². The van der Waals surface area contributed by atoms with Crippen molar-refractivity contribution in [2.45, 2.75) is 45.1 Å². The van der Waals surface area contributed by atoms with Gasteiger partial charge < -0.3 is 10.4 Å². The molecule has 0 radical (unpaired) electrons.